The summed E-state index contributed by atoms with van der Waals surface area (Å²) in [6, 6.07) is 4.55. The van der Waals surface area contributed by atoms with Gasteiger partial charge in [-0.1, -0.05) is 0 Å². The molecule has 1 aliphatic carbocycles. The molecule has 1 N–H and O–H groups in total. The number of carbonyl (C=O) groups excluding carboxylic acids is 1. The van der Waals surface area contributed by atoms with Crippen LogP contribution in [0.1, 0.15) is 25.0 Å². The Kier molecular flexibility index (Phi) is 3.70. The van der Waals surface area contributed by atoms with E-state index in [9.17, 15) is 4.79 Å². The Morgan fingerprint density at radius 3 is 2.95 bits per heavy atom. The van der Waals surface area contributed by atoms with E-state index in [4.69, 9.17) is 4.42 Å². The summed E-state index contributed by atoms with van der Waals surface area (Å²) >= 11 is 0. The van der Waals surface area contributed by atoms with Crippen LogP contribution in [0.25, 0.3) is 0 Å². The van der Waals surface area contributed by atoms with Gasteiger partial charge in [0.15, 0.2) is 0 Å². The number of amides is 1. The lowest BCUT2D eigenvalue weighted by Gasteiger charge is -2.25. The molecule has 2 aliphatic heterocycles. The highest BCUT2D eigenvalue weighted by molar-refractivity contribution is 5.82. The summed E-state index contributed by atoms with van der Waals surface area (Å²) in [7, 11) is 2.11. The molecule has 1 aromatic heterocycles. The zero-order chi connectivity index (χ0) is 15.1. The minimum Gasteiger partial charge on any atom is -0.468 e. The molecule has 3 atom stereocenters. The van der Waals surface area contributed by atoms with E-state index in [2.05, 4.69) is 22.2 Å². The molecule has 0 bridgehead atoms. The quantitative estimate of drug-likeness (QED) is 0.891. The highest BCUT2D eigenvalue weighted by Crippen LogP contribution is 2.35. The number of nitrogens with one attached hydrogen (secondary N) is 1. The van der Waals surface area contributed by atoms with Crippen molar-refractivity contribution < 1.29 is 9.21 Å². The van der Waals surface area contributed by atoms with Gasteiger partial charge in [0.2, 0.25) is 5.91 Å². The highest BCUT2D eigenvalue weighted by atomic mass is 16.3. The van der Waals surface area contributed by atoms with E-state index in [1.165, 1.54) is 12.8 Å². The van der Waals surface area contributed by atoms with Crippen molar-refractivity contribution in [3.63, 3.8) is 0 Å². The fraction of sp³-hybridized carbons (Fsp3) is 0.706. The molecule has 1 saturated carbocycles. The van der Waals surface area contributed by atoms with Gasteiger partial charge in [0, 0.05) is 25.7 Å². The van der Waals surface area contributed by atoms with Gasteiger partial charge in [-0.3, -0.25) is 14.6 Å². The van der Waals surface area contributed by atoms with Gasteiger partial charge >= 0.3 is 0 Å². The topological polar surface area (TPSA) is 48.7 Å². The zero-order valence-corrected chi connectivity index (χ0v) is 13.2. The standard InChI is InChI=1S/C17H25N3O2/c1-19-15(17(21)18-8-12-4-5-12)7-13-9-20(11-16(13)19)10-14-3-2-6-22-14/h2-3,6,12-13,15-16H,4-5,7-11H2,1H3,(H,18,21)/t13-,15+,16+/m0/s1. The Hall–Kier alpha value is -1.33. The van der Waals surface area contributed by atoms with Gasteiger partial charge in [-0.2, -0.15) is 0 Å². The van der Waals surface area contributed by atoms with Crippen LogP contribution in [0.15, 0.2) is 22.8 Å². The summed E-state index contributed by atoms with van der Waals surface area (Å²) in [4.78, 5) is 17.1. The highest BCUT2D eigenvalue weighted by Gasteiger charge is 2.47. The Balaban J connectivity index is 1.31. The molecule has 2 saturated heterocycles. The lowest BCUT2D eigenvalue weighted by Crippen LogP contribution is -2.46. The molecule has 3 fully saturated rings. The monoisotopic (exact) mass is 303 g/mol. The third-order valence-corrected chi connectivity index (χ3v) is 5.55. The molecule has 0 radical (unpaired) electrons. The van der Waals surface area contributed by atoms with Crippen molar-refractivity contribution in [1.29, 1.82) is 0 Å². The van der Waals surface area contributed by atoms with Gasteiger partial charge in [0.1, 0.15) is 5.76 Å². The summed E-state index contributed by atoms with van der Waals surface area (Å²) in [5.41, 5.74) is 0. The first-order chi connectivity index (χ1) is 10.7. The van der Waals surface area contributed by atoms with Crippen molar-refractivity contribution in [2.45, 2.75) is 37.9 Å². The number of carbonyl (C=O) groups is 1. The van der Waals surface area contributed by atoms with Gasteiger partial charge in [-0.05, 0) is 50.3 Å². The third kappa shape index (κ3) is 2.79. The Labute approximate surface area is 131 Å². The molecular formula is C17H25N3O2. The molecule has 5 nitrogen and oxygen atoms in total. The van der Waals surface area contributed by atoms with Crippen LogP contribution in [0.5, 0.6) is 0 Å². The maximum atomic E-state index is 12.4. The van der Waals surface area contributed by atoms with E-state index in [1.54, 1.807) is 6.26 Å². The molecular weight excluding hydrogens is 278 g/mol. The van der Waals surface area contributed by atoms with E-state index >= 15 is 0 Å². The number of fused-ring (bicyclic) bond motifs is 1. The second kappa shape index (κ2) is 5.70. The molecule has 3 heterocycles. The van der Waals surface area contributed by atoms with E-state index in [0.717, 1.165) is 44.3 Å². The van der Waals surface area contributed by atoms with Gasteiger partial charge in [-0.25, -0.2) is 0 Å². The first kappa shape index (κ1) is 14.3. The lowest BCUT2D eigenvalue weighted by molar-refractivity contribution is -0.125. The van der Waals surface area contributed by atoms with Crippen LogP contribution in [0, 0.1) is 11.8 Å². The molecule has 22 heavy (non-hydrogen) atoms. The number of likely N-dealkylation sites (N-methyl/N-ethyl adjacent to an activating group) is 1. The number of furan rings is 1. The summed E-state index contributed by atoms with van der Waals surface area (Å²) in [6.45, 7) is 3.87. The van der Waals surface area contributed by atoms with Crippen LogP contribution in [-0.2, 0) is 11.3 Å². The average molecular weight is 303 g/mol. The third-order valence-electron chi connectivity index (χ3n) is 5.55. The smallest absolute Gasteiger partial charge is 0.237 e. The summed E-state index contributed by atoms with van der Waals surface area (Å²) in [6.07, 6.45) is 5.30. The van der Waals surface area contributed by atoms with E-state index < -0.39 is 0 Å². The van der Waals surface area contributed by atoms with Crippen LogP contribution < -0.4 is 5.32 Å². The lowest BCUT2D eigenvalue weighted by atomic mass is 10.0. The number of hydrogen-bond acceptors (Lipinski definition) is 4. The molecule has 0 unspecified atom stereocenters. The molecule has 0 spiro atoms. The minimum absolute atomic E-state index is 0.0690. The summed E-state index contributed by atoms with van der Waals surface area (Å²) in [5.74, 6) is 2.62. The largest absolute Gasteiger partial charge is 0.468 e. The van der Waals surface area contributed by atoms with Crippen molar-refractivity contribution in [2.24, 2.45) is 11.8 Å². The molecule has 120 valence electrons. The van der Waals surface area contributed by atoms with Crippen LogP contribution in [0.3, 0.4) is 0 Å². The molecule has 1 amide bonds. The van der Waals surface area contributed by atoms with Crippen LogP contribution in [0.4, 0.5) is 0 Å². The molecule has 1 aromatic rings. The van der Waals surface area contributed by atoms with Crippen molar-refractivity contribution in [3.8, 4) is 0 Å². The molecule has 3 aliphatic rings. The van der Waals surface area contributed by atoms with Crippen molar-refractivity contribution in [3.05, 3.63) is 24.2 Å². The zero-order valence-electron chi connectivity index (χ0n) is 13.2. The summed E-state index contributed by atoms with van der Waals surface area (Å²) in [5, 5.41) is 3.14. The van der Waals surface area contributed by atoms with Gasteiger partial charge in [0.05, 0.1) is 18.8 Å². The first-order valence-electron chi connectivity index (χ1n) is 8.45. The molecule has 4 rings (SSSR count). The fourth-order valence-corrected chi connectivity index (χ4v) is 4.05. The Bertz CT molecular complexity index is 526. The van der Waals surface area contributed by atoms with Crippen molar-refractivity contribution in [1.82, 2.24) is 15.1 Å². The van der Waals surface area contributed by atoms with E-state index in [1.807, 2.05) is 12.1 Å². The van der Waals surface area contributed by atoms with E-state index in [0.29, 0.717) is 12.0 Å². The maximum absolute atomic E-state index is 12.4. The number of hydrogen-bond donors (Lipinski definition) is 1. The van der Waals surface area contributed by atoms with Gasteiger partial charge < -0.3 is 9.73 Å². The SMILES string of the molecule is CN1[C@@H](C(=O)NCC2CC2)C[C@H]2CN(Cc3ccco3)C[C@H]21. The fourth-order valence-electron chi connectivity index (χ4n) is 4.05. The number of nitrogens with zero attached hydrogens (tertiary/aromatic N) is 2. The van der Waals surface area contributed by atoms with Crippen molar-refractivity contribution >= 4 is 5.91 Å². The van der Waals surface area contributed by atoms with Crippen molar-refractivity contribution in [2.75, 3.05) is 26.7 Å². The maximum Gasteiger partial charge on any atom is 0.237 e. The van der Waals surface area contributed by atoms with Crippen LogP contribution >= 0.6 is 0 Å². The summed E-state index contributed by atoms with van der Waals surface area (Å²) < 4.78 is 5.44. The second-order valence-electron chi connectivity index (χ2n) is 7.21. The number of rotatable bonds is 5. The van der Waals surface area contributed by atoms with Gasteiger partial charge in [-0.15, -0.1) is 0 Å². The first-order valence-corrected chi connectivity index (χ1v) is 8.45. The predicted molar refractivity (Wildman–Crippen MR) is 83.2 cm³/mol. The van der Waals surface area contributed by atoms with Gasteiger partial charge in [0.25, 0.3) is 0 Å². The van der Waals surface area contributed by atoms with Crippen LogP contribution in [0.2, 0.25) is 0 Å². The predicted octanol–water partition coefficient (Wildman–Crippen LogP) is 1.31. The van der Waals surface area contributed by atoms with Crippen LogP contribution in [-0.4, -0.2) is 54.5 Å². The Morgan fingerprint density at radius 2 is 2.27 bits per heavy atom. The normalized spacial score (nSPS) is 32.3. The number of likely N-dealkylation sites (tertiary alicyclic amines) is 2. The minimum atomic E-state index is 0.0690. The average Bonchev–Trinajstić information content (AvgIpc) is 2.90. The Morgan fingerprint density at radius 1 is 1.41 bits per heavy atom. The van der Waals surface area contributed by atoms with E-state index in [-0.39, 0.29) is 11.9 Å². The second-order valence-corrected chi connectivity index (χ2v) is 7.21. The molecule has 5 heteroatoms. The molecule has 0 aromatic carbocycles.